The van der Waals surface area contributed by atoms with E-state index in [1.54, 1.807) is 25.6 Å². The second kappa shape index (κ2) is 12.6. The van der Waals surface area contributed by atoms with E-state index in [-0.39, 0.29) is 11.2 Å². The fourth-order valence-electron chi connectivity index (χ4n) is 5.10. The molecule has 4 heterocycles. The molecule has 2 N–H and O–H groups in total. The Hall–Kier alpha value is -3.76. The number of amides is 1. The summed E-state index contributed by atoms with van der Waals surface area (Å²) in [6.07, 6.45) is 5.97. The van der Waals surface area contributed by atoms with Crippen LogP contribution in [0.1, 0.15) is 40.1 Å². The standard InChI is InChI=1S/C30H35N7O2S/c1-19(13-26(40)24-6-4-5-22-23(30(38)31-3)7-8-32-28(22)24)16-33-27-15-25(35-18-36-27)21-14-20(2)29(34-17-21)37-9-11-39-12-10-37/h4-8,14-15,17-19,26,40H,9-13,16H2,1-3H3,(H,31,38)(H,33,35,36). The molecular weight excluding hydrogens is 522 g/mol. The molecule has 9 nitrogen and oxygen atoms in total. The Balaban J connectivity index is 1.23. The number of hydrogen-bond acceptors (Lipinski definition) is 9. The highest BCUT2D eigenvalue weighted by Gasteiger charge is 2.18. The van der Waals surface area contributed by atoms with Crippen LogP contribution in [0.15, 0.2) is 55.1 Å². The lowest BCUT2D eigenvalue weighted by atomic mass is 9.97. The maximum Gasteiger partial charge on any atom is 0.251 e. The molecule has 40 heavy (non-hydrogen) atoms. The number of carbonyl (C=O) groups excluding carboxylic acids is 1. The zero-order chi connectivity index (χ0) is 28.1. The Morgan fingerprint density at radius 3 is 2.73 bits per heavy atom. The minimum Gasteiger partial charge on any atom is -0.378 e. The molecule has 0 radical (unpaired) electrons. The second-order valence-corrected chi connectivity index (χ2v) is 10.8. The fraction of sp³-hybridized carbons (Fsp3) is 0.367. The lowest BCUT2D eigenvalue weighted by Gasteiger charge is -2.29. The van der Waals surface area contributed by atoms with Crippen molar-refractivity contribution >= 4 is 41.1 Å². The molecule has 0 saturated carbocycles. The third-order valence-corrected chi connectivity index (χ3v) is 7.70. The van der Waals surface area contributed by atoms with Crippen LogP contribution in [0.25, 0.3) is 22.2 Å². The number of benzene rings is 1. The van der Waals surface area contributed by atoms with Crippen LogP contribution in [0.3, 0.4) is 0 Å². The smallest absolute Gasteiger partial charge is 0.251 e. The summed E-state index contributed by atoms with van der Waals surface area (Å²) in [6, 6.07) is 11.8. The molecule has 0 spiro atoms. The monoisotopic (exact) mass is 557 g/mol. The molecule has 2 unspecified atom stereocenters. The predicted octanol–water partition coefficient (Wildman–Crippen LogP) is 4.70. The molecule has 0 aliphatic carbocycles. The number of aromatic nitrogens is 4. The zero-order valence-corrected chi connectivity index (χ0v) is 24.0. The van der Waals surface area contributed by atoms with E-state index < -0.39 is 0 Å². The second-order valence-electron chi connectivity index (χ2n) is 10.2. The molecule has 10 heteroatoms. The van der Waals surface area contributed by atoms with Crippen LogP contribution in [-0.4, -0.2) is 65.7 Å². The number of aryl methyl sites for hydroxylation is 1. The van der Waals surface area contributed by atoms with Crippen LogP contribution in [0.5, 0.6) is 0 Å². The van der Waals surface area contributed by atoms with Gasteiger partial charge in [0.25, 0.3) is 5.91 Å². The normalized spacial score (nSPS) is 15.1. The Bertz CT molecular complexity index is 1490. The Morgan fingerprint density at radius 2 is 1.95 bits per heavy atom. The van der Waals surface area contributed by atoms with Crippen molar-refractivity contribution in [2.24, 2.45) is 5.92 Å². The van der Waals surface area contributed by atoms with E-state index >= 15 is 0 Å². The number of morpholine rings is 1. The van der Waals surface area contributed by atoms with Gasteiger partial charge in [0.1, 0.15) is 18.0 Å². The van der Waals surface area contributed by atoms with Gasteiger partial charge < -0.3 is 20.3 Å². The van der Waals surface area contributed by atoms with Gasteiger partial charge in [-0.15, -0.1) is 0 Å². The lowest BCUT2D eigenvalue weighted by Crippen LogP contribution is -2.37. The van der Waals surface area contributed by atoms with Crippen molar-refractivity contribution in [3.63, 3.8) is 0 Å². The number of ether oxygens (including phenoxy) is 1. The SMILES string of the molecule is CNC(=O)c1ccnc2c(C(S)CC(C)CNc3cc(-c4cnc(N5CCOCC5)c(C)c4)ncn3)cccc12. The van der Waals surface area contributed by atoms with Gasteiger partial charge in [-0.1, -0.05) is 25.1 Å². The van der Waals surface area contributed by atoms with Crippen molar-refractivity contribution in [3.8, 4) is 11.3 Å². The summed E-state index contributed by atoms with van der Waals surface area (Å²) in [7, 11) is 1.63. The van der Waals surface area contributed by atoms with Crippen LogP contribution in [-0.2, 0) is 4.74 Å². The molecule has 1 aliphatic heterocycles. The summed E-state index contributed by atoms with van der Waals surface area (Å²) >= 11 is 4.93. The number of fused-ring (bicyclic) bond motifs is 1. The summed E-state index contributed by atoms with van der Waals surface area (Å²) in [5.41, 5.74) is 5.36. The quantitative estimate of drug-likeness (QED) is 0.255. The molecule has 2 atom stereocenters. The molecule has 1 saturated heterocycles. The van der Waals surface area contributed by atoms with Crippen molar-refractivity contribution in [2.75, 3.05) is 50.1 Å². The average molecular weight is 558 g/mol. The van der Waals surface area contributed by atoms with E-state index in [0.29, 0.717) is 11.5 Å². The van der Waals surface area contributed by atoms with E-state index in [4.69, 9.17) is 22.3 Å². The third kappa shape index (κ3) is 6.18. The van der Waals surface area contributed by atoms with E-state index in [9.17, 15) is 4.79 Å². The van der Waals surface area contributed by atoms with Gasteiger partial charge in [-0.3, -0.25) is 9.78 Å². The molecule has 3 aromatic heterocycles. The van der Waals surface area contributed by atoms with Gasteiger partial charge in [0.15, 0.2) is 0 Å². The summed E-state index contributed by atoms with van der Waals surface area (Å²) in [6.45, 7) is 8.17. The maximum atomic E-state index is 12.3. The number of rotatable bonds is 9. The zero-order valence-electron chi connectivity index (χ0n) is 23.1. The van der Waals surface area contributed by atoms with E-state index in [0.717, 1.165) is 84.2 Å². The molecule has 4 aromatic rings. The first-order valence-electron chi connectivity index (χ1n) is 13.6. The van der Waals surface area contributed by atoms with Crippen molar-refractivity contribution in [1.29, 1.82) is 0 Å². The number of carbonyl (C=O) groups is 1. The van der Waals surface area contributed by atoms with Gasteiger partial charge in [0, 0.05) is 61.3 Å². The van der Waals surface area contributed by atoms with Crippen LogP contribution in [0, 0.1) is 12.8 Å². The molecule has 1 fully saturated rings. The van der Waals surface area contributed by atoms with Crippen LogP contribution in [0.2, 0.25) is 0 Å². The van der Waals surface area contributed by atoms with Crippen LogP contribution >= 0.6 is 12.6 Å². The van der Waals surface area contributed by atoms with E-state index in [1.807, 2.05) is 30.5 Å². The van der Waals surface area contributed by atoms with Gasteiger partial charge in [0.2, 0.25) is 0 Å². The highest BCUT2D eigenvalue weighted by Crippen LogP contribution is 2.33. The summed E-state index contributed by atoms with van der Waals surface area (Å²) in [5.74, 6) is 1.95. The maximum absolute atomic E-state index is 12.3. The third-order valence-electron chi connectivity index (χ3n) is 7.21. The Morgan fingerprint density at radius 1 is 1.12 bits per heavy atom. The van der Waals surface area contributed by atoms with Crippen molar-refractivity contribution < 1.29 is 9.53 Å². The number of anilines is 2. The van der Waals surface area contributed by atoms with Crippen LogP contribution < -0.4 is 15.5 Å². The predicted molar refractivity (Wildman–Crippen MR) is 162 cm³/mol. The number of thiol groups is 1. The molecule has 5 rings (SSSR count). The first-order valence-corrected chi connectivity index (χ1v) is 14.1. The van der Waals surface area contributed by atoms with Crippen molar-refractivity contribution in [2.45, 2.75) is 25.5 Å². The van der Waals surface area contributed by atoms with Crippen molar-refractivity contribution in [1.82, 2.24) is 25.3 Å². The summed E-state index contributed by atoms with van der Waals surface area (Å²) in [4.78, 5) is 32.8. The highest BCUT2D eigenvalue weighted by atomic mass is 32.1. The molecule has 1 amide bonds. The minimum absolute atomic E-state index is 0.0343. The first kappa shape index (κ1) is 27.8. The topological polar surface area (TPSA) is 105 Å². The fourth-order valence-corrected chi connectivity index (χ4v) is 5.66. The van der Waals surface area contributed by atoms with Crippen molar-refractivity contribution in [3.05, 3.63) is 71.8 Å². The lowest BCUT2D eigenvalue weighted by molar-refractivity contribution is 0.0964. The molecule has 1 aliphatic rings. The van der Waals surface area contributed by atoms with Gasteiger partial charge >= 0.3 is 0 Å². The molecule has 0 bridgehead atoms. The number of pyridine rings is 2. The average Bonchev–Trinajstić information content (AvgIpc) is 2.99. The number of nitrogens with zero attached hydrogens (tertiary/aromatic N) is 5. The molecular formula is C30H35N7O2S. The van der Waals surface area contributed by atoms with Gasteiger partial charge in [-0.25, -0.2) is 15.0 Å². The van der Waals surface area contributed by atoms with Crippen LogP contribution in [0.4, 0.5) is 11.6 Å². The first-order chi connectivity index (χ1) is 19.4. The van der Waals surface area contributed by atoms with E-state index in [2.05, 4.69) is 50.4 Å². The Kier molecular flexibility index (Phi) is 8.76. The highest BCUT2D eigenvalue weighted by molar-refractivity contribution is 7.80. The van der Waals surface area contributed by atoms with E-state index in [1.165, 1.54) is 0 Å². The number of hydrogen-bond donors (Lipinski definition) is 3. The minimum atomic E-state index is -0.124. The molecule has 1 aromatic carbocycles. The summed E-state index contributed by atoms with van der Waals surface area (Å²) in [5, 5.41) is 6.97. The van der Waals surface area contributed by atoms with Gasteiger partial charge in [0.05, 0.1) is 30.0 Å². The van der Waals surface area contributed by atoms with Gasteiger partial charge in [-0.2, -0.15) is 12.6 Å². The summed E-state index contributed by atoms with van der Waals surface area (Å²) < 4.78 is 5.47. The largest absolute Gasteiger partial charge is 0.378 e. The van der Waals surface area contributed by atoms with Gasteiger partial charge in [-0.05, 0) is 42.5 Å². The Labute approximate surface area is 240 Å². The number of nitrogens with one attached hydrogen (secondary N) is 2. The number of para-hydroxylation sites is 1. The molecule has 208 valence electrons.